The van der Waals surface area contributed by atoms with E-state index in [1.54, 1.807) is 19.9 Å². The monoisotopic (exact) mass is 639 g/mol. The van der Waals surface area contributed by atoms with Crippen LogP contribution in [0.15, 0.2) is 37.0 Å². The maximum Gasteiger partial charge on any atom is 0.267 e. The van der Waals surface area contributed by atoms with Gasteiger partial charge in [-0.2, -0.15) is 4.31 Å². The van der Waals surface area contributed by atoms with Crippen molar-refractivity contribution in [3.8, 4) is 5.75 Å². The van der Waals surface area contributed by atoms with Crippen molar-refractivity contribution in [2.45, 2.75) is 69.9 Å². The molecule has 0 unspecified atom stereocenters. The van der Waals surface area contributed by atoms with Crippen molar-refractivity contribution in [1.29, 1.82) is 0 Å². The molecule has 0 saturated carbocycles. The molecule has 4 rings (SSSR count). The number of nitrogens with zero attached hydrogens (tertiary/aromatic N) is 4. The van der Waals surface area contributed by atoms with Crippen molar-refractivity contribution in [3.63, 3.8) is 0 Å². The molecular formula is C27H37N5O9S2. The van der Waals surface area contributed by atoms with Crippen LogP contribution in [-0.2, 0) is 31.3 Å². The maximum atomic E-state index is 13.5. The van der Waals surface area contributed by atoms with Crippen LogP contribution >= 0.6 is 0 Å². The summed E-state index contributed by atoms with van der Waals surface area (Å²) >= 11 is 0. The number of carbonyl (C=O) groups is 1. The molecule has 3 aromatic rings. The van der Waals surface area contributed by atoms with E-state index in [4.69, 9.17) is 13.8 Å². The SMILES string of the molecule is Cc1noc(C)c1S(=O)(=O)Nc1ccc2c(c1)CC(=O)N([C@@H](C)CO)C[C@@H](C)[C@H](CN(C)S(=O)(=O)c1c(C)noc1C)O2. The molecule has 0 aliphatic carbocycles. The molecule has 3 heterocycles. The lowest BCUT2D eigenvalue weighted by atomic mass is 10.0. The number of sulfonamides is 2. The molecular weight excluding hydrogens is 602 g/mol. The summed E-state index contributed by atoms with van der Waals surface area (Å²) in [5, 5.41) is 17.4. The highest BCUT2D eigenvalue weighted by molar-refractivity contribution is 7.92. The van der Waals surface area contributed by atoms with Gasteiger partial charge in [0.2, 0.25) is 15.9 Å². The van der Waals surface area contributed by atoms with E-state index >= 15 is 0 Å². The summed E-state index contributed by atoms with van der Waals surface area (Å²) < 4.78 is 73.4. The van der Waals surface area contributed by atoms with E-state index in [-0.39, 0.29) is 76.3 Å². The van der Waals surface area contributed by atoms with Gasteiger partial charge in [0, 0.05) is 30.8 Å². The first kappa shape index (κ1) is 32.4. The van der Waals surface area contributed by atoms with Gasteiger partial charge in [-0.1, -0.05) is 17.2 Å². The second-order valence-corrected chi connectivity index (χ2v) is 14.5. The van der Waals surface area contributed by atoms with Crippen LogP contribution in [-0.4, -0.2) is 86.3 Å². The summed E-state index contributed by atoms with van der Waals surface area (Å²) in [6, 6.07) is 4.02. The van der Waals surface area contributed by atoms with Crippen molar-refractivity contribution in [3.05, 3.63) is 46.7 Å². The van der Waals surface area contributed by atoms with Crippen LogP contribution in [0.1, 0.15) is 42.3 Å². The number of aliphatic hydroxyl groups excluding tert-OH is 1. The summed E-state index contributed by atoms with van der Waals surface area (Å²) in [4.78, 5) is 14.9. The smallest absolute Gasteiger partial charge is 0.267 e. The summed E-state index contributed by atoms with van der Waals surface area (Å²) in [6.45, 7) is 9.44. The number of anilines is 1. The van der Waals surface area contributed by atoms with Crippen molar-refractivity contribution >= 4 is 31.6 Å². The van der Waals surface area contributed by atoms with Crippen LogP contribution in [0, 0.1) is 33.6 Å². The molecule has 1 aliphatic heterocycles. The predicted molar refractivity (Wildman–Crippen MR) is 155 cm³/mol. The Balaban J connectivity index is 1.71. The van der Waals surface area contributed by atoms with Gasteiger partial charge in [0.05, 0.1) is 25.6 Å². The molecule has 3 atom stereocenters. The number of rotatable bonds is 9. The Morgan fingerprint density at radius 1 is 1.07 bits per heavy atom. The molecule has 2 N–H and O–H groups in total. The Kier molecular flexibility index (Phi) is 9.25. The molecule has 2 aromatic heterocycles. The number of ether oxygens (including phenoxy) is 1. The van der Waals surface area contributed by atoms with Gasteiger partial charge in [-0.3, -0.25) is 9.52 Å². The van der Waals surface area contributed by atoms with Crippen LogP contribution in [0.2, 0.25) is 0 Å². The fourth-order valence-electron chi connectivity index (χ4n) is 5.13. The number of benzene rings is 1. The molecule has 1 amide bonds. The average Bonchev–Trinajstić information content (AvgIpc) is 3.47. The average molecular weight is 640 g/mol. The minimum atomic E-state index is -4.07. The van der Waals surface area contributed by atoms with E-state index in [0.29, 0.717) is 11.3 Å². The van der Waals surface area contributed by atoms with Gasteiger partial charge < -0.3 is 23.8 Å². The minimum absolute atomic E-state index is 0.0213. The normalized spacial score (nSPS) is 18.9. The first-order chi connectivity index (χ1) is 20.1. The number of aromatic nitrogens is 2. The highest BCUT2D eigenvalue weighted by Crippen LogP contribution is 2.32. The van der Waals surface area contributed by atoms with Crippen LogP contribution in [0.3, 0.4) is 0 Å². The van der Waals surface area contributed by atoms with E-state index in [9.17, 15) is 26.7 Å². The third-order valence-electron chi connectivity index (χ3n) is 7.48. The molecule has 236 valence electrons. The zero-order valence-corrected chi connectivity index (χ0v) is 26.7. The molecule has 0 bridgehead atoms. The van der Waals surface area contributed by atoms with Crippen molar-refractivity contribution in [1.82, 2.24) is 19.5 Å². The summed E-state index contributed by atoms with van der Waals surface area (Å²) in [7, 11) is -6.64. The summed E-state index contributed by atoms with van der Waals surface area (Å²) in [5.41, 5.74) is 0.999. The third-order valence-corrected chi connectivity index (χ3v) is 11.2. The minimum Gasteiger partial charge on any atom is -0.488 e. The van der Waals surface area contributed by atoms with Crippen LogP contribution in [0.25, 0.3) is 0 Å². The van der Waals surface area contributed by atoms with Gasteiger partial charge in [-0.05, 0) is 52.8 Å². The van der Waals surface area contributed by atoms with E-state index in [0.717, 1.165) is 4.31 Å². The van der Waals surface area contributed by atoms with Crippen molar-refractivity contribution in [2.75, 3.05) is 31.5 Å². The number of aryl methyl sites for hydroxylation is 4. The first-order valence-electron chi connectivity index (χ1n) is 13.6. The predicted octanol–water partition coefficient (Wildman–Crippen LogP) is 2.17. The zero-order chi connectivity index (χ0) is 31.9. The number of nitrogens with one attached hydrogen (secondary N) is 1. The summed E-state index contributed by atoms with van der Waals surface area (Å²) in [5.74, 6) is -0.0806. The van der Waals surface area contributed by atoms with Gasteiger partial charge in [-0.25, -0.2) is 16.8 Å². The fraction of sp³-hybridized carbons (Fsp3) is 0.519. The topological polar surface area (TPSA) is 185 Å². The molecule has 1 aliphatic rings. The standard InChI is InChI=1S/C27H37N5O9S2/c1-15-12-32(16(2)14-33)25(34)11-21-10-22(30-42(35,36)26-17(3)28-40-19(26)5)8-9-23(21)39-24(15)13-31(7)43(37,38)27-18(4)29-41-20(27)6/h8-10,15-16,24,30,33H,11-14H2,1-7H3/t15-,16+,24+/m1/s1. The third kappa shape index (κ3) is 6.56. The second kappa shape index (κ2) is 12.3. The molecule has 16 heteroatoms. The molecule has 0 fully saturated rings. The Bertz CT molecular complexity index is 1680. The Morgan fingerprint density at radius 3 is 2.23 bits per heavy atom. The highest BCUT2D eigenvalue weighted by Gasteiger charge is 2.35. The van der Waals surface area contributed by atoms with Crippen LogP contribution in [0.5, 0.6) is 5.75 Å². The number of amides is 1. The van der Waals surface area contributed by atoms with Crippen LogP contribution in [0.4, 0.5) is 5.69 Å². The number of aliphatic hydroxyl groups is 1. The van der Waals surface area contributed by atoms with Crippen molar-refractivity contribution in [2.24, 2.45) is 5.92 Å². The van der Waals surface area contributed by atoms with E-state index < -0.39 is 32.2 Å². The largest absolute Gasteiger partial charge is 0.488 e. The lowest BCUT2D eigenvalue weighted by Gasteiger charge is -2.33. The van der Waals surface area contributed by atoms with Gasteiger partial charge in [0.1, 0.15) is 28.1 Å². The Hall–Kier alpha value is -3.47. The van der Waals surface area contributed by atoms with Gasteiger partial charge in [0.15, 0.2) is 16.4 Å². The van der Waals surface area contributed by atoms with Crippen molar-refractivity contribution < 1.29 is 40.5 Å². The number of fused-ring (bicyclic) bond motifs is 1. The Labute approximate surface area is 251 Å². The fourth-order valence-corrected chi connectivity index (χ4v) is 7.97. The van der Waals surface area contributed by atoms with E-state index in [1.807, 2.05) is 6.92 Å². The molecule has 0 spiro atoms. The molecule has 43 heavy (non-hydrogen) atoms. The first-order valence-corrected chi connectivity index (χ1v) is 16.5. The number of carbonyl (C=O) groups excluding carboxylic acids is 1. The van der Waals surface area contributed by atoms with Gasteiger partial charge in [-0.15, -0.1) is 0 Å². The number of hydrogen-bond donors (Lipinski definition) is 2. The molecule has 0 saturated heterocycles. The van der Waals surface area contributed by atoms with Gasteiger partial charge >= 0.3 is 0 Å². The van der Waals surface area contributed by atoms with E-state index in [2.05, 4.69) is 15.0 Å². The number of likely N-dealkylation sites (N-methyl/N-ethyl adjacent to an activating group) is 1. The molecule has 14 nitrogen and oxygen atoms in total. The zero-order valence-electron chi connectivity index (χ0n) is 25.1. The van der Waals surface area contributed by atoms with Crippen LogP contribution < -0.4 is 9.46 Å². The Morgan fingerprint density at radius 2 is 1.67 bits per heavy atom. The van der Waals surface area contributed by atoms with Gasteiger partial charge in [0.25, 0.3) is 10.0 Å². The second-order valence-electron chi connectivity index (χ2n) is 10.9. The highest BCUT2D eigenvalue weighted by atomic mass is 32.2. The van der Waals surface area contributed by atoms with E-state index in [1.165, 1.54) is 44.9 Å². The lowest BCUT2D eigenvalue weighted by Crippen LogP contribution is -2.48. The number of hydrogen-bond acceptors (Lipinski definition) is 11. The quantitative estimate of drug-likeness (QED) is 0.350. The molecule has 0 radical (unpaired) electrons. The molecule has 1 aromatic carbocycles. The summed E-state index contributed by atoms with van der Waals surface area (Å²) in [6.07, 6.45) is -0.879. The lowest BCUT2D eigenvalue weighted by molar-refractivity contribution is -0.134. The maximum absolute atomic E-state index is 13.5.